The van der Waals surface area contributed by atoms with Crippen molar-refractivity contribution >= 4 is 5.97 Å². The fourth-order valence-electron chi connectivity index (χ4n) is 0.143. The quantitative estimate of drug-likeness (QED) is 0.657. The first-order valence-electron chi connectivity index (χ1n) is 2.20. The van der Waals surface area contributed by atoms with E-state index in [0.717, 1.165) is 0 Å². The zero-order chi connectivity index (χ0) is 5.86. The van der Waals surface area contributed by atoms with Crippen LogP contribution in [0.25, 0.3) is 0 Å². The first-order chi connectivity index (χ1) is 3.18. The maximum Gasteiger partial charge on any atom is 0.275 e. The van der Waals surface area contributed by atoms with E-state index < -0.39 is 5.97 Å². The van der Waals surface area contributed by atoms with Crippen LogP contribution in [-0.4, -0.2) is 11.1 Å². The molecule has 0 amide bonds. The van der Waals surface area contributed by atoms with E-state index in [9.17, 15) is 4.79 Å². The van der Waals surface area contributed by atoms with Crippen molar-refractivity contribution in [2.24, 2.45) is 5.92 Å². The van der Waals surface area contributed by atoms with Gasteiger partial charge in [-0.05, 0) is 0 Å². The van der Waals surface area contributed by atoms with Gasteiger partial charge in [0.2, 0.25) is 0 Å². The van der Waals surface area contributed by atoms with E-state index in [1.807, 2.05) is 0 Å². The van der Waals surface area contributed by atoms with Crippen LogP contribution in [0.5, 0.6) is 0 Å². The largest absolute Gasteiger partial charge is 0.483 e. The van der Waals surface area contributed by atoms with E-state index in [1.165, 1.54) is 0 Å². The fraction of sp³-hybridized carbons (Fsp3) is 0.600. The third kappa shape index (κ3) is 4.73. The molecule has 45 valence electrons. The van der Waals surface area contributed by atoms with Crippen molar-refractivity contribution in [2.75, 3.05) is 0 Å². The van der Waals surface area contributed by atoms with Gasteiger partial charge < -0.3 is 11.5 Å². The Morgan fingerprint density at radius 2 is 2.12 bits per heavy atom. The SMILES string of the molecule is C[CH-]C(C)C(=O)O.[Y]. The molecule has 1 N–H and O–H groups in total. The molecule has 0 saturated heterocycles. The molecule has 0 bridgehead atoms. The summed E-state index contributed by atoms with van der Waals surface area (Å²) in [6.45, 7) is 3.38. The maximum absolute atomic E-state index is 9.90. The molecule has 0 heterocycles. The third-order valence-corrected chi connectivity index (χ3v) is 0.890. The van der Waals surface area contributed by atoms with Crippen LogP contribution < -0.4 is 0 Å². The van der Waals surface area contributed by atoms with Gasteiger partial charge in [0.05, 0.1) is 0 Å². The van der Waals surface area contributed by atoms with Gasteiger partial charge in [-0.15, -0.1) is 0 Å². The van der Waals surface area contributed by atoms with Crippen molar-refractivity contribution in [1.29, 1.82) is 0 Å². The van der Waals surface area contributed by atoms with Crippen molar-refractivity contribution in [1.82, 2.24) is 0 Å². The van der Waals surface area contributed by atoms with Crippen LogP contribution in [0.3, 0.4) is 0 Å². The molecule has 0 saturated carbocycles. The molecule has 0 fully saturated rings. The molecule has 1 radical (unpaired) electrons. The van der Waals surface area contributed by atoms with Gasteiger partial charge in [-0.3, -0.25) is 4.79 Å². The molecule has 0 spiro atoms. The minimum Gasteiger partial charge on any atom is -0.483 e. The number of carboxylic acid groups (broad SMARTS) is 1. The second-order valence-corrected chi connectivity index (χ2v) is 1.46. The molecule has 0 aliphatic heterocycles. The molecule has 0 aliphatic rings. The Hall–Kier alpha value is 0.574. The van der Waals surface area contributed by atoms with Crippen LogP contribution >= 0.6 is 0 Å². The van der Waals surface area contributed by atoms with E-state index in [0.29, 0.717) is 0 Å². The predicted octanol–water partition coefficient (Wildman–Crippen LogP) is 0.929. The van der Waals surface area contributed by atoms with Gasteiger partial charge in [-0.25, -0.2) is 0 Å². The normalized spacial score (nSPS) is 11.8. The van der Waals surface area contributed by atoms with Crippen LogP contribution in [0.15, 0.2) is 0 Å². The first-order valence-corrected chi connectivity index (χ1v) is 2.20. The summed E-state index contributed by atoms with van der Waals surface area (Å²) in [7, 11) is 0. The van der Waals surface area contributed by atoms with Crippen LogP contribution in [0, 0.1) is 12.3 Å². The molecule has 8 heavy (non-hydrogen) atoms. The summed E-state index contributed by atoms with van der Waals surface area (Å²) in [6, 6.07) is 0. The summed E-state index contributed by atoms with van der Waals surface area (Å²) in [5, 5.41) is 8.15. The minimum atomic E-state index is -0.762. The van der Waals surface area contributed by atoms with E-state index in [1.54, 1.807) is 20.3 Å². The average Bonchev–Trinajstić information content (AvgIpc) is 1.65. The van der Waals surface area contributed by atoms with Crippen molar-refractivity contribution in [3.8, 4) is 0 Å². The van der Waals surface area contributed by atoms with Crippen molar-refractivity contribution in [2.45, 2.75) is 13.8 Å². The fourth-order valence-corrected chi connectivity index (χ4v) is 0.143. The zero-order valence-electron chi connectivity index (χ0n) is 5.09. The maximum atomic E-state index is 9.90. The number of carbonyl (C=O) groups is 1. The predicted molar refractivity (Wildman–Crippen MR) is 26.8 cm³/mol. The van der Waals surface area contributed by atoms with Gasteiger partial charge in [-0.2, -0.15) is 6.92 Å². The molecule has 2 nitrogen and oxygen atoms in total. The molecule has 0 aromatic rings. The number of carboxylic acids is 1. The van der Waals surface area contributed by atoms with Gasteiger partial charge in [0.25, 0.3) is 5.97 Å². The minimum absolute atomic E-state index is 0. The Morgan fingerprint density at radius 3 is 2.12 bits per heavy atom. The van der Waals surface area contributed by atoms with E-state index >= 15 is 0 Å². The first kappa shape index (κ1) is 11.4. The second-order valence-electron chi connectivity index (χ2n) is 1.46. The summed E-state index contributed by atoms with van der Waals surface area (Å²) < 4.78 is 0. The van der Waals surface area contributed by atoms with Crippen LogP contribution in [0.2, 0.25) is 0 Å². The number of aliphatic carboxylic acids is 1. The summed E-state index contributed by atoms with van der Waals surface area (Å²) >= 11 is 0. The van der Waals surface area contributed by atoms with Crippen LogP contribution in [0.1, 0.15) is 13.8 Å². The van der Waals surface area contributed by atoms with Gasteiger partial charge >= 0.3 is 0 Å². The standard InChI is InChI=1S/C5H9O2.Y/c1-3-4(2)5(6)7;/h3-4H,1-2H3,(H,6,7);/q-1;. The summed E-state index contributed by atoms with van der Waals surface area (Å²) in [4.78, 5) is 9.90. The molecule has 3 heteroatoms. The molecular formula is C5H9O2Y-. The number of rotatable bonds is 2. The van der Waals surface area contributed by atoms with E-state index in [2.05, 4.69) is 0 Å². The Labute approximate surface area is 74.5 Å². The summed E-state index contributed by atoms with van der Waals surface area (Å²) in [5.41, 5.74) is 0. The second kappa shape index (κ2) is 5.71. The summed E-state index contributed by atoms with van der Waals surface area (Å²) in [5.74, 6) is -1.07. The van der Waals surface area contributed by atoms with Gasteiger partial charge in [0, 0.05) is 32.7 Å². The Balaban J connectivity index is 0. The average molecular weight is 190 g/mol. The van der Waals surface area contributed by atoms with Crippen LogP contribution in [0.4, 0.5) is 0 Å². The molecule has 1 unspecified atom stereocenters. The van der Waals surface area contributed by atoms with E-state index in [-0.39, 0.29) is 38.6 Å². The van der Waals surface area contributed by atoms with Gasteiger partial charge in [0.15, 0.2) is 0 Å². The molecule has 0 aromatic heterocycles. The van der Waals surface area contributed by atoms with Gasteiger partial charge in [-0.1, -0.05) is 12.8 Å². The number of hydrogen-bond donors (Lipinski definition) is 1. The van der Waals surface area contributed by atoms with E-state index in [4.69, 9.17) is 5.11 Å². The molecule has 0 aromatic carbocycles. The van der Waals surface area contributed by atoms with Crippen molar-refractivity contribution in [3.05, 3.63) is 6.42 Å². The molecular weight excluding hydrogens is 181 g/mol. The Kier molecular flexibility index (Phi) is 8.12. The van der Waals surface area contributed by atoms with Gasteiger partial charge in [0.1, 0.15) is 0 Å². The van der Waals surface area contributed by atoms with Crippen molar-refractivity contribution in [3.63, 3.8) is 0 Å². The summed E-state index contributed by atoms with van der Waals surface area (Å²) in [6.07, 6.45) is 1.64. The van der Waals surface area contributed by atoms with Crippen molar-refractivity contribution < 1.29 is 42.6 Å². The monoisotopic (exact) mass is 190 g/mol. The third-order valence-electron chi connectivity index (χ3n) is 0.890. The smallest absolute Gasteiger partial charge is 0.275 e. The molecule has 1 atom stereocenters. The molecule has 0 aliphatic carbocycles. The number of hydrogen-bond acceptors (Lipinski definition) is 1. The van der Waals surface area contributed by atoms with Crippen LogP contribution in [-0.2, 0) is 37.5 Å². The Morgan fingerprint density at radius 1 is 1.75 bits per heavy atom. The Bertz CT molecular complexity index is 72.8. The molecule has 0 rings (SSSR count). The zero-order valence-corrected chi connectivity index (χ0v) is 7.93. The topological polar surface area (TPSA) is 37.3 Å².